The fourth-order valence-electron chi connectivity index (χ4n) is 1.48. The van der Waals surface area contributed by atoms with Gasteiger partial charge in [0.1, 0.15) is 5.69 Å². The molecular weight excluding hydrogens is 285 g/mol. The van der Waals surface area contributed by atoms with Crippen molar-refractivity contribution < 1.29 is 18.1 Å². The van der Waals surface area contributed by atoms with Gasteiger partial charge in [0, 0.05) is 24.1 Å². The number of benzene rings is 1. The number of halogens is 4. The number of unbranched alkanes of at least 4 members (excludes halogenated alkanes) is 1. The Morgan fingerprint density at radius 2 is 2.00 bits per heavy atom. The molecule has 0 saturated carbocycles. The molecule has 106 valence electrons. The first kappa shape index (κ1) is 15.6. The van der Waals surface area contributed by atoms with Gasteiger partial charge < -0.3 is 5.32 Å². The van der Waals surface area contributed by atoms with Crippen molar-refractivity contribution in [3.05, 3.63) is 33.3 Å². The molecule has 0 atom stereocenters. The number of nitro groups is 1. The molecular formula is C11H12ClF3N2O2. The molecule has 0 unspecified atom stereocenters. The van der Waals surface area contributed by atoms with E-state index < -0.39 is 17.5 Å². The quantitative estimate of drug-likeness (QED) is 0.481. The molecule has 0 bridgehead atoms. The highest BCUT2D eigenvalue weighted by atomic mass is 35.5. The zero-order chi connectivity index (χ0) is 14.5. The molecule has 0 aliphatic heterocycles. The molecule has 0 aliphatic rings. The summed E-state index contributed by atoms with van der Waals surface area (Å²) in [5, 5.41) is 13.8. The molecule has 0 spiro atoms. The average Bonchev–Trinajstić information content (AvgIpc) is 2.26. The molecule has 0 fully saturated rings. The van der Waals surface area contributed by atoms with Gasteiger partial charge in [0.2, 0.25) is 0 Å². The minimum absolute atomic E-state index is 0.0230. The minimum Gasteiger partial charge on any atom is -0.379 e. The maximum absolute atomic E-state index is 11.9. The molecule has 0 saturated heterocycles. The van der Waals surface area contributed by atoms with Crippen LogP contribution in [0.15, 0.2) is 18.2 Å². The Labute approximate surface area is 112 Å². The topological polar surface area (TPSA) is 55.2 Å². The van der Waals surface area contributed by atoms with Gasteiger partial charge >= 0.3 is 6.18 Å². The van der Waals surface area contributed by atoms with Gasteiger partial charge in [0.25, 0.3) is 5.69 Å². The number of alkyl halides is 3. The van der Waals surface area contributed by atoms with Crippen LogP contribution in [0.2, 0.25) is 5.02 Å². The summed E-state index contributed by atoms with van der Waals surface area (Å²) in [7, 11) is 0. The third-order valence-corrected chi connectivity index (χ3v) is 2.59. The number of anilines is 1. The van der Waals surface area contributed by atoms with Gasteiger partial charge in [-0.25, -0.2) is 0 Å². The van der Waals surface area contributed by atoms with Crippen LogP contribution in [0.5, 0.6) is 0 Å². The van der Waals surface area contributed by atoms with Crippen LogP contribution in [-0.4, -0.2) is 17.6 Å². The summed E-state index contributed by atoms with van der Waals surface area (Å²) in [6.45, 7) is 0.220. The number of nitrogens with one attached hydrogen (secondary N) is 1. The summed E-state index contributed by atoms with van der Waals surface area (Å²) in [5.74, 6) is 0. The number of rotatable bonds is 6. The summed E-state index contributed by atoms with van der Waals surface area (Å²) in [6.07, 6.45) is -4.78. The molecule has 0 amide bonds. The van der Waals surface area contributed by atoms with Crippen LogP contribution >= 0.6 is 11.6 Å². The van der Waals surface area contributed by atoms with Gasteiger partial charge in [-0.2, -0.15) is 13.2 Å². The van der Waals surface area contributed by atoms with Crippen LogP contribution < -0.4 is 5.32 Å². The van der Waals surface area contributed by atoms with Crippen LogP contribution in [0.3, 0.4) is 0 Å². The van der Waals surface area contributed by atoms with Crippen molar-refractivity contribution >= 4 is 23.0 Å². The summed E-state index contributed by atoms with van der Waals surface area (Å²) >= 11 is 5.71. The fourth-order valence-corrected chi connectivity index (χ4v) is 1.65. The number of nitrogens with zero attached hydrogens (tertiary/aromatic N) is 1. The van der Waals surface area contributed by atoms with Crippen LogP contribution in [0.25, 0.3) is 0 Å². The van der Waals surface area contributed by atoms with E-state index in [1.165, 1.54) is 18.2 Å². The largest absolute Gasteiger partial charge is 0.389 e. The van der Waals surface area contributed by atoms with Crippen molar-refractivity contribution in [2.24, 2.45) is 0 Å². The highest BCUT2D eigenvalue weighted by molar-refractivity contribution is 6.31. The second-order valence-electron chi connectivity index (χ2n) is 3.92. The maximum atomic E-state index is 11.9. The van der Waals surface area contributed by atoms with E-state index in [0.717, 1.165) is 0 Å². The summed E-state index contributed by atoms with van der Waals surface area (Å²) in [4.78, 5) is 10.2. The molecule has 19 heavy (non-hydrogen) atoms. The first-order valence-corrected chi connectivity index (χ1v) is 5.92. The van der Waals surface area contributed by atoms with E-state index in [9.17, 15) is 23.3 Å². The summed E-state index contributed by atoms with van der Waals surface area (Å²) in [6, 6.07) is 4.01. The van der Waals surface area contributed by atoms with Gasteiger partial charge in [0.15, 0.2) is 0 Å². The summed E-state index contributed by atoms with van der Waals surface area (Å²) in [5.41, 5.74) is 0.0599. The molecule has 0 radical (unpaired) electrons. The lowest BCUT2D eigenvalue weighted by Crippen LogP contribution is -2.09. The van der Waals surface area contributed by atoms with E-state index in [4.69, 9.17) is 11.6 Å². The Kier molecular flexibility index (Phi) is 5.41. The monoisotopic (exact) mass is 296 g/mol. The van der Waals surface area contributed by atoms with E-state index in [1.54, 1.807) is 0 Å². The Hall–Kier alpha value is -1.50. The van der Waals surface area contributed by atoms with E-state index in [2.05, 4.69) is 5.32 Å². The lowest BCUT2D eigenvalue weighted by molar-refractivity contribution is -0.384. The molecule has 1 rings (SSSR count). The zero-order valence-corrected chi connectivity index (χ0v) is 10.6. The predicted octanol–water partition coefficient (Wildman–Crippen LogP) is 4.39. The lowest BCUT2D eigenvalue weighted by atomic mass is 10.2. The van der Waals surface area contributed by atoms with Crippen molar-refractivity contribution in [3.8, 4) is 0 Å². The molecule has 1 aromatic rings. The van der Waals surface area contributed by atoms with E-state index in [1.807, 2.05) is 0 Å². The van der Waals surface area contributed by atoms with Gasteiger partial charge in [-0.1, -0.05) is 11.6 Å². The normalized spacial score (nSPS) is 11.4. The Bertz CT molecular complexity index is 452. The number of hydrogen-bond donors (Lipinski definition) is 1. The van der Waals surface area contributed by atoms with Crippen molar-refractivity contribution in [1.82, 2.24) is 0 Å². The predicted molar refractivity (Wildman–Crippen MR) is 66.5 cm³/mol. The zero-order valence-electron chi connectivity index (χ0n) is 9.84. The van der Waals surface area contributed by atoms with Crippen molar-refractivity contribution in [2.75, 3.05) is 11.9 Å². The smallest absolute Gasteiger partial charge is 0.379 e. The minimum atomic E-state index is -4.16. The van der Waals surface area contributed by atoms with Crippen molar-refractivity contribution in [3.63, 3.8) is 0 Å². The van der Waals surface area contributed by atoms with Crippen LogP contribution in [0.4, 0.5) is 24.5 Å². The van der Waals surface area contributed by atoms with Gasteiger partial charge in [-0.15, -0.1) is 0 Å². The molecule has 4 nitrogen and oxygen atoms in total. The van der Waals surface area contributed by atoms with Crippen LogP contribution in [0, 0.1) is 10.1 Å². The average molecular weight is 297 g/mol. The van der Waals surface area contributed by atoms with Crippen LogP contribution in [0.1, 0.15) is 19.3 Å². The third kappa shape index (κ3) is 5.78. The van der Waals surface area contributed by atoms with Crippen LogP contribution in [-0.2, 0) is 0 Å². The summed E-state index contributed by atoms with van der Waals surface area (Å²) < 4.78 is 35.7. The lowest BCUT2D eigenvalue weighted by Gasteiger charge is -2.08. The Morgan fingerprint density at radius 3 is 2.58 bits per heavy atom. The molecule has 0 aromatic heterocycles. The SMILES string of the molecule is O=[N+]([O-])c1ccc(Cl)cc1NCCCCC(F)(F)F. The second kappa shape index (κ2) is 6.60. The molecule has 1 N–H and O–H groups in total. The van der Waals surface area contributed by atoms with Gasteiger partial charge in [-0.05, 0) is 25.0 Å². The second-order valence-corrected chi connectivity index (χ2v) is 4.35. The van der Waals surface area contributed by atoms with Crippen molar-refractivity contribution in [1.29, 1.82) is 0 Å². The van der Waals surface area contributed by atoms with E-state index in [0.29, 0.717) is 5.02 Å². The highest BCUT2D eigenvalue weighted by Crippen LogP contribution is 2.28. The molecule has 1 aromatic carbocycles. The van der Waals surface area contributed by atoms with Crippen molar-refractivity contribution in [2.45, 2.75) is 25.4 Å². The third-order valence-electron chi connectivity index (χ3n) is 2.36. The molecule has 8 heteroatoms. The van der Waals surface area contributed by atoms with E-state index >= 15 is 0 Å². The van der Waals surface area contributed by atoms with Gasteiger partial charge in [-0.3, -0.25) is 10.1 Å². The Morgan fingerprint density at radius 1 is 1.32 bits per heavy atom. The standard InChI is InChI=1S/C11H12ClF3N2O2/c12-8-3-4-10(17(18)19)9(7-8)16-6-2-1-5-11(13,14)15/h3-4,7,16H,1-2,5-6H2. The fraction of sp³-hybridized carbons (Fsp3) is 0.455. The molecule has 0 heterocycles. The van der Waals surface area contributed by atoms with E-state index in [-0.39, 0.29) is 30.8 Å². The highest BCUT2D eigenvalue weighted by Gasteiger charge is 2.25. The van der Waals surface area contributed by atoms with Gasteiger partial charge in [0.05, 0.1) is 4.92 Å². The Balaban J connectivity index is 2.49. The molecule has 0 aliphatic carbocycles. The number of nitro benzene ring substituents is 1. The first-order valence-electron chi connectivity index (χ1n) is 5.54. The first-order chi connectivity index (χ1) is 8.79. The number of hydrogen-bond acceptors (Lipinski definition) is 3. The maximum Gasteiger partial charge on any atom is 0.389 e.